The molecule has 0 spiro atoms. The number of carbonyl (C=O) groups is 1. The summed E-state index contributed by atoms with van der Waals surface area (Å²) in [5.41, 5.74) is 1.01. The van der Waals surface area contributed by atoms with E-state index in [0.717, 1.165) is 5.39 Å². The third-order valence-electron chi connectivity index (χ3n) is 3.87. The second-order valence-corrected chi connectivity index (χ2v) is 6.45. The lowest BCUT2D eigenvalue weighted by Gasteiger charge is -2.08. The van der Waals surface area contributed by atoms with Crippen LogP contribution in [-0.4, -0.2) is 41.8 Å². The number of nitrogens with zero attached hydrogens (tertiary/aromatic N) is 2. The zero-order chi connectivity index (χ0) is 20.9. The third-order valence-corrected chi connectivity index (χ3v) is 4.12. The molecule has 0 aliphatic heterocycles. The highest BCUT2D eigenvalue weighted by Gasteiger charge is 2.28. The van der Waals surface area contributed by atoms with Crippen LogP contribution >= 0.6 is 11.6 Å². The van der Waals surface area contributed by atoms with Gasteiger partial charge in [0.25, 0.3) is 5.91 Å². The monoisotopic (exact) mass is 427 g/mol. The molecule has 0 aliphatic rings. The average Bonchev–Trinajstić information content (AvgIpc) is 3.08. The van der Waals surface area contributed by atoms with Gasteiger partial charge in [-0.2, -0.15) is 5.10 Å². The molecule has 1 heterocycles. The molecule has 0 unspecified atom stereocenters. The number of nitrogens with one attached hydrogen (secondary N) is 1. The molecule has 0 saturated carbocycles. The molecular formula is C19H17ClF3N3O3. The molecule has 3 aromatic rings. The lowest BCUT2D eigenvalue weighted by Crippen LogP contribution is -2.29. The van der Waals surface area contributed by atoms with Crippen LogP contribution in [0.15, 0.2) is 48.7 Å². The van der Waals surface area contributed by atoms with Crippen molar-refractivity contribution in [2.45, 2.75) is 12.9 Å². The van der Waals surface area contributed by atoms with Crippen LogP contribution in [0, 0.1) is 0 Å². The van der Waals surface area contributed by atoms with E-state index in [0.29, 0.717) is 35.0 Å². The van der Waals surface area contributed by atoms with Gasteiger partial charge in [-0.1, -0.05) is 11.6 Å². The third kappa shape index (κ3) is 6.37. The summed E-state index contributed by atoms with van der Waals surface area (Å²) in [6.07, 6.45) is -2.94. The topological polar surface area (TPSA) is 65.4 Å². The Bertz CT molecular complexity index is 974. The summed E-state index contributed by atoms with van der Waals surface area (Å²) in [7, 11) is 0. The zero-order valence-electron chi connectivity index (χ0n) is 15.1. The van der Waals surface area contributed by atoms with Gasteiger partial charge in [-0.05, 0) is 42.5 Å². The van der Waals surface area contributed by atoms with Crippen LogP contribution in [0.2, 0.25) is 5.02 Å². The van der Waals surface area contributed by atoms with Gasteiger partial charge >= 0.3 is 6.36 Å². The summed E-state index contributed by atoms with van der Waals surface area (Å²) < 4.78 is 46.7. The maximum absolute atomic E-state index is 12.1. The van der Waals surface area contributed by atoms with Crippen molar-refractivity contribution in [3.05, 3.63) is 59.2 Å². The number of ether oxygens (including phenoxy) is 2. The maximum atomic E-state index is 12.1. The predicted octanol–water partition coefficient (Wildman–Crippen LogP) is 4.03. The molecule has 3 rings (SSSR count). The number of carbonyl (C=O) groups excluding carboxylic acids is 1. The van der Waals surface area contributed by atoms with Gasteiger partial charge in [-0.3, -0.25) is 14.2 Å². The van der Waals surface area contributed by atoms with Gasteiger partial charge < -0.3 is 10.1 Å². The number of fused-ring (bicyclic) bond motifs is 1. The number of hydrogen-bond donors (Lipinski definition) is 1. The van der Waals surface area contributed by atoms with Crippen molar-refractivity contribution in [2.75, 3.05) is 19.8 Å². The first-order valence-electron chi connectivity index (χ1n) is 8.65. The molecule has 10 heteroatoms. The molecule has 2 aromatic carbocycles. The fourth-order valence-electron chi connectivity index (χ4n) is 2.55. The van der Waals surface area contributed by atoms with Crippen LogP contribution in [-0.2, 0) is 11.3 Å². The first-order chi connectivity index (χ1) is 13.8. The van der Waals surface area contributed by atoms with Crippen LogP contribution in [0.4, 0.5) is 13.2 Å². The molecule has 29 heavy (non-hydrogen) atoms. The van der Waals surface area contributed by atoms with E-state index in [-0.39, 0.29) is 6.54 Å². The Labute approximate surface area is 169 Å². The second kappa shape index (κ2) is 9.15. The Kier molecular flexibility index (Phi) is 6.60. The summed E-state index contributed by atoms with van der Waals surface area (Å²) in [5.74, 6) is 0.205. The number of benzene rings is 2. The van der Waals surface area contributed by atoms with Crippen molar-refractivity contribution in [1.29, 1.82) is 0 Å². The van der Waals surface area contributed by atoms with E-state index in [1.807, 2.05) is 0 Å². The molecule has 0 radical (unpaired) electrons. The molecule has 0 aliphatic carbocycles. The SMILES string of the molecule is O=C(NCCOC(F)(F)F)c1ccc2nn(CCOc3ccc(Cl)cc3)cc2c1. The minimum atomic E-state index is -4.71. The summed E-state index contributed by atoms with van der Waals surface area (Å²) >= 11 is 5.83. The highest BCUT2D eigenvalue weighted by atomic mass is 35.5. The number of hydrogen-bond acceptors (Lipinski definition) is 4. The van der Waals surface area contributed by atoms with Crippen molar-refractivity contribution in [3.63, 3.8) is 0 Å². The quantitative estimate of drug-likeness (QED) is 0.551. The molecule has 154 valence electrons. The Morgan fingerprint density at radius 3 is 2.62 bits per heavy atom. The fourth-order valence-corrected chi connectivity index (χ4v) is 2.68. The maximum Gasteiger partial charge on any atom is 0.522 e. The van der Waals surface area contributed by atoms with E-state index < -0.39 is 18.9 Å². The minimum Gasteiger partial charge on any atom is -0.492 e. The summed E-state index contributed by atoms with van der Waals surface area (Å²) in [4.78, 5) is 12.1. The van der Waals surface area contributed by atoms with Crippen molar-refractivity contribution in [3.8, 4) is 5.75 Å². The lowest BCUT2D eigenvalue weighted by atomic mass is 10.1. The van der Waals surface area contributed by atoms with E-state index in [2.05, 4.69) is 15.2 Å². The van der Waals surface area contributed by atoms with Crippen LogP contribution in [0.5, 0.6) is 5.75 Å². The lowest BCUT2D eigenvalue weighted by molar-refractivity contribution is -0.323. The van der Waals surface area contributed by atoms with Crippen LogP contribution in [0.25, 0.3) is 10.9 Å². The fraction of sp³-hybridized carbons (Fsp3) is 0.263. The largest absolute Gasteiger partial charge is 0.522 e. The van der Waals surface area contributed by atoms with Crippen molar-refractivity contribution in [2.24, 2.45) is 0 Å². The second-order valence-electron chi connectivity index (χ2n) is 6.02. The molecular weight excluding hydrogens is 411 g/mol. The van der Waals surface area contributed by atoms with Crippen molar-refractivity contribution >= 4 is 28.4 Å². The van der Waals surface area contributed by atoms with E-state index in [4.69, 9.17) is 16.3 Å². The Balaban J connectivity index is 1.53. The van der Waals surface area contributed by atoms with Crippen LogP contribution < -0.4 is 10.1 Å². The number of amides is 1. The average molecular weight is 428 g/mol. The van der Waals surface area contributed by atoms with Gasteiger partial charge in [-0.25, -0.2) is 0 Å². The first kappa shape index (κ1) is 20.9. The summed E-state index contributed by atoms with van der Waals surface area (Å²) in [6, 6.07) is 11.9. The predicted molar refractivity (Wildman–Crippen MR) is 101 cm³/mol. The molecule has 0 bridgehead atoms. The molecule has 0 saturated heterocycles. The number of alkyl halides is 3. The number of aromatic nitrogens is 2. The van der Waals surface area contributed by atoms with Gasteiger partial charge in [0.05, 0.1) is 18.7 Å². The molecule has 6 nitrogen and oxygen atoms in total. The van der Waals surface area contributed by atoms with E-state index >= 15 is 0 Å². The highest BCUT2D eigenvalue weighted by Crippen LogP contribution is 2.17. The minimum absolute atomic E-state index is 0.252. The molecule has 0 fully saturated rings. The summed E-state index contributed by atoms with van der Waals surface area (Å²) in [5, 5.41) is 8.14. The summed E-state index contributed by atoms with van der Waals surface area (Å²) in [6.45, 7) is -0.0174. The van der Waals surface area contributed by atoms with Crippen LogP contribution in [0.1, 0.15) is 10.4 Å². The number of halogens is 4. The molecule has 1 N–H and O–H groups in total. The van der Waals surface area contributed by atoms with Crippen molar-refractivity contribution in [1.82, 2.24) is 15.1 Å². The van der Waals surface area contributed by atoms with Crippen molar-refractivity contribution < 1.29 is 27.4 Å². The van der Waals surface area contributed by atoms with E-state index in [1.165, 1.54) is 0 Å². The Morgan fingerprint density at radius 1 is 1.14 bits per heavy atom. The zero-order valence-corrected chi connectivity index (χ0v) is 15.8. The molecule has 0 atom stereocenters. The Morgan fingerprint density at radius 2 is 1.90 bits per heavy atom. The van der Waals surface area contributed by atoms with E-state index in [1.54, 1.807) is 53.3 Å². The first-order valence-corrected chi connectivity index (χ1v) is 9.02. The van der Waals surface area contributed by atoms with Gasteiger partial charge in [0.15, 0.2) is 0 Å². The molecule has 1 aromatic heterocycles. The standard InChI is InChI=1S/C19H17ClF3N3O3/c20-15-2-4-16(5-3-15)28-10-8-26-12-14-11-13(1-6-17(14)25-26)18(27)24-7-9-29-19(21,22)23/h1-6,11-12H,7-10H2,(H,24,27). The molecule has 1 amide bonds. The van der Waals surface area contributed by atoms with Crippen LogP contribution in [0.3, 0.4) is 0 Å². The smallest absolute Gasteiger partial charge is 0.492 e. The van der Waals surface area contributed by atoms with Gasteiger partial charge in [0.1, 0.15) is 12.4 Å². The number of rotatable bonds is 8. The normalized spacial score (nSPS) is 11.6. The Hall–Kier alpha value is -2.78. The highest BCUT2D eigenvalue weighted by molar-refractivity contribution is 6.30. The van der Waals surface area contributed by atoms with Gasteiger partial charge in [-0.15, -0.1) is 13.2 Å². The van der Waals surface area contributed by atoms with Gasteiger partial charge in [0.2, 0.25) is 0 Å². The van der Waals surface area contributed by atoms with E-state index in [9.17, 15) is 18.0 Å². The van der Waals surface area contributed by atoms with Gasteiger partial charge in [0, 0.05) is 28.7 Å².